The van der Waals surface area contributed by atoms with E-state index in [-0.39, 0.29) is 5.91 Å². The smallest absolute Gasteiger partial charge is 0.326 e. The lowest BCUT2D eigenvalue weighted by Crippen LogP contribution is -2.40. The van der Waals surface area contributed by atoms with Crippen molar-refractivity contribution in [2.75, 3.05) is 6.54 Å². The number of carbonyl (C=O) groups excluding carboxylic acids is 1. The van der Waals surface area contributed by atoms with Crippen LogP contribution in [0.15, 0.2) is 10.6 Å². The number of amides is 1. The third-order valence-corrected chi connectivity index (χ3v) is 4.66. The van der Waals surface area contributed by atoms with Crippen LogP contribution in [0.5, 0.6) is 0 Å². The topological polar surface area (TPSA) is 96.5 Å². The molecular weight excluding hydrogens is 298 g/mol. The second-order valence-electron chi connectivity index (χ2n) is 6.31. The van der Waals surface area contributed by atoms with E-state index in [0.717, 1.165) is 18.5 Å². The Balaban J connectivity index is 1.81. The first kappa shape index (κ1) is 14.2. The van der Waals surface area contributed by atoms with Crippen LogP contribution in [0.2, 0.25) is 0 Å². The summed E-state index contributed by atoms with van der Waals surface area (Å²) in [5, 5.41) is 13.8. The van der Waals surface area contributed by atoms with Crippen LogP contribution in [0.1, 0.15) is 53.3 Å². The number of hydrogen-bond donors (Lipinski definition) is 1. The molecule has 1 saturated carbocycles. The van der Waals surface area contributed by atoms with Crippen LogP contribution in [0.25, 0.3) is 11.1 Å². The maximum Gasteiger partial charge on any atom is 0.326 e. The van der Waals surface area contributed by atoms with Gasteiger partial charge in [0.15, 0.2) is 0 Å². The minimum absolute atomic E-state index is 0.268. The molecule has 2 fully saturated rings. The summed E-state index contributed by atoms with van der Waals surface area (Å²) < 4.78 is 5.25. The lowest BCUT2D eigenvalue weighted by molar-refractivity contribution is -0.141. The van der Waals surface area contributed by atoms with Crippen LogP contribution in [-0.4, -0.2) is 44.6 Å². The van der Waals surface area contributed by atoms with E-state index < -0.39 is 12.0 Å². The summed E-state index contributed by atoms with van der Waals surface area (Å²) in [5.41, 5.74) is 2.26. The van der Waals surface area contributed by atoms with Crippen molar-refractivity contribution in [1.29, 1.82) is 0 Å². The monoisotopic (exact) mass is 315 g/mol. The summed E-state index contributed by atoms with van der Waals surface area (Å²) in [6, 6.07) is 1.04. The van der Waals surface area contributed by atoms with Crippen molar-refractivity contribution < 1.29 is 19.2 Å². The maximum atomic E-state index is 13.0. The Morgan fingerprint density at radius 3 is 2.83 bits per heavy atom. The highest BCUT2D eigenvalue weighted by atomic mass is 16.5. The highest BCUT2D eigenvalue weighted by Gasteiger charge is 2.36. The number of nitrogens with zero attached hydrogens (tertiary/aromatic N) is 3. The molecule has 23 heavy (non-hydrogen) atoms. The lowest BCUT2D eigenvalue weighted by Gasteiger charge is -2.22. The molecule has 7 nitrogen and oxygen atoms in total. The molecule has 1 saturated heterocycles. The number of aryl methyl sites for hydroxylation is 1. The Hall–Kier alpha value is -2.44. The Morgan fingerprint density at radius 2 is 2.13 bits per heavy atom. The molecule has 1 amide bonds. The second kappa shape index (κ2) is 5.04. The first-order valence-corrected chi connectivity index (χ1v) is 7.87. The third-order valence-electron chi connectivity index (χ3n) is 4.66. The van der Waals surface area contributed by atoms with E-state index in [9.17, 15) is 14.7 Å². The standard InChI is InChI=1S/C16H17N3O4/c1-8-13-10(15(20)19-6-2-3-12(19)16(21)22)7-11(9-4-5-9)17-14(13)23-18-8/h7,9,12H,2-6H2,1H3,(H,21,22)/t12-/m0/s1. The van der Waals surface area contributed by atoms with E-state index >= 15 is 0 Å². The highest BCUT2D eigenvalue weighted by Crippen LogP contribution is 2.40. The van der Waals surface area contributed by atoms with Gasteiger partial charge in [0.2, 0.25) is 0 Å². The van der Waals surface area contributed by atoms with Crippen molar-refractivity contribution in [2.45, 2.75) is 44.6 Å². The van der Waals surface area contributed by atoms with Crippen LogP contribution in [0, 0.1) is 6.92 Å². The van der Waals surface area contributed by atoms with Gasteiger partial charge < -0.3 is 14.5 Å². The van der Waals surface area contributed by atoms with Crippen LogP contribution < -0.4 is 0 Å². The molecule has 1 aliphatic carbocycles. The number of pyridine rings is 1. The Labute approximate surface area is 132 Å². The molecule has 2 aromatic rings. The van der Waals surface area contributed by atoms with Crippen molar-refractivity contribution in [2.24, 2.45) is 0 Å². The normalized spacial score (nSPS) is 21.1. The van der Waals surface area contributed by atoms with Crippen LogP contribution in [0.3, 0.4) is 0 Å². The molecule has 4 rings (SSSR count). The van der Waals surface area contributed by atoms with Crippen molar-refractivity contribution in [1.82, 2.24) is 15.0 Å². The quantitative estimate of drug-likeness (QED) is 0.931. The average Bonchev–Trinajstić information content (AvgIpc) is 3.14. The molecule has 3 heterocycles. The molecule has 1 atom stereocenters. The molecule has 1 aliphatic heterocycles. The Morgan fingerprint density at radius 1 is 1.35 bits per heavy atom. The van der Waals surface area contributed by atoms with Crippen molar-refractivity contribution >= 4 is 23.0 Å². The highest BCUT2D eigenvalue weighted by molar-refractivity contribution is 6.07. The Kier molecular flexibility index (Phi) is 3.11. The van der Waals surface area contributed by atoms with Crippen molar-refractivity contribution in [3.63, 3.8) is 0 Å². The van der Waals surface area contributed by atoms with E-state index in [0.29, 0.717) is 47.7 Å². The number of fused-ring (bicyclic) bond motifs is 1. The third kappa shape index (κ3) is 2.27. The van der Waals surface area contributed by atoms with Gasteiger partial charge in [0, 0.05) is 18.2 Å². The molecule has 7 heteroatoms. The fourth-order valence-electron chi connectivity index (χ4n) is 3.29. The molecule has 0 aromatic carbocycles. The maximum absolute atomic E-state index is 13.0. The molecule has 0 unspecified atom stereocenters. The first-order chi connectivity index (χ1) is 11.1. The van der Waals surface area contributed by atoms with E-state index in [1.54, 1.807) is 13.0 Å². The van der Waals surface area contributed by atoms with Crippen LogP contribution in [-0.2, 0) is 4.79 Å². The molecule has 0 radical (unpaired) electrons. The molecule has 2 aromatic heterocycles. The van der Waals surface area contributed by atoms with Gasteiger partial charge in [-0.15, -0.1) is 0 Å². The van der Waals surface area contributed by atoms with E-state index in [1.807, 2.05) is 0 Å². The summed E-state index contributed by atoms with van der Waals surface area (Å²) in [4.78, 5) is 30.3. The summed E-state index contributed by atoms with van der Waals surface area (Å²) in [6.07, 6.45) is 3.31. The zero-order chi connectivity index (χ0) is 16.1. The molecule has 0 bridgehead atoms. The summed E-state index contributed by atoms with van der Waals surface area (Å²) in [5.74, 6) is -0.855. The average molecular weight is 315 g/mol. The van der Waals surface area contributed by atoms with Gasteiger partial charge in [-0.25, -0.2) is 9.78 Å². The predicted molar refractivity (Wildman–Crippen MR) is 80.2 cm³/mol. The molecule has 1 N–H and O–H groups in total. The number of aliphatic carboxylic acids is 1. The molecule has 120 valence electrons. The van der Waals surface area contributed by atoms with Gasteiger partial charge in [-0.1, -0.05) is 5.16 Å². The van der Waals surface area contributed by atoms with E-state index in [4.69, 9.17) is 4.52 Å². The summed E-state index contributed by atoms with van der Waals surface area (Å²) >= 11 is 0. The predicted octanol–water partition coefficient (Wildman–Crippen LogP) is 2.10. The summed E-state index contributed by atoms with van der Waals surface area (Å²) in [6.45, 7) is 2.22. The van der Waals surface area contributed by atoms with Crippen LogP contribution in [0.4, 0.5) is 0 Å². The number of carboxylic acids is 1. The SMILES string of the molecule is Cc1noc2nc(C3CC3)cc(C(=O)N3CCC[C@H]3C(=O)O)c12. The van der Waals surface area contributed by atoms with Gasteiger partial charge in [-0.2, -0.15) is 0 Å². The van der Waals surface area contributed by atoms with Gasteiger partial charge in [-0.05, 0) is 38.7 Å². The molecule has 0 spiro atoms. The number of aromatic nitrogens is 2. The fraction of sp³-hybridized carbons (Fsp3) is 0.500. The molecular formula is C16H17N3O4. The van der Waals surface area contributed by atoms with E-state index in [1.165, 1.54) is 4.90 Å². The number of carboxylic acid groups (broad SMARTS) is 1. The summed E-state index contributed by atoms with van der Waals surface area (Å²) in [7, 11) is 0. The van der Waals surface area contributed by atoms with Gasteiger partial charge >= 0.3 is 5.97 Å². The van der Waals surface area contributed by atoms with Crippen molar-refractivity contribution in [3.8, 4) is 0 Å². The zero-order valence-corrected chi connectivity index (χ0v) is 12.8. The largest absolute Gasteiger partial charge is 0.480 e. The minimum Gasteiger partial charge on any atom is -0.480 e. The lowest BCUT2D eigenvalue weighted by atomic mass is 10.1. The van der Waals surface area contributed by atoms with Gasteiger partial charge in [0.25, 0.3) is 11.6 Å². The fourth-order valence-corrected chi connectivity index (χ4v) is 3.29. The van der Waals surface area contributed by atoms with Gasteiger partial charge in [-0.3, -0.25) is 4.79 Å². The van der Waals surface area contributed by atoms with Gasteiger partial charge in [0.05, 0.1) is 16.6 Å². The van der Waals surface area contributed by atoms with Gasteiger partial charge in [0.1, 0.15) is 6.04 Å². The van der Waals surface area contributed by atoms with E-state index in [2.05, 4.69) is 10.1 Å². The van der Waals surface area contributed by atoms with Crippen molar-refractivity contribution in [3.05, 3.63) is 23.0 Å². The second-order valence-corrected chi connectivity index (χ2v) is 6.31. The zero-order valence-electron chi connectivity index (χ0n) is 12.8. The number of likely N-dealkylation sites (tertiary alicyclic amines) is 1. The molecule has 2 aliphatic rings. The Bertz CT molecular complexity index is 809. The number of rotatable bonds is 3. The first-order valence-electron chi connectivity index (χ1n) is 7.87. The number of carbonyl (C=O) groups is 2. The minimum atomic E-state index is -0.953. The van der Waals surface area contributed by atoms with Crippen LogP contribution >= 0.6 is 0 Å². The number of hydrogen-bond acceptors (Lipinski definition) is 5.